The summed E-state index contributed by atoms with van der Waals surface area (Å²) >= 11 is 0. The molecule has 0 spiro atoms. The Labute approximate surface area is 206 Å². The van der Waals surface area contributed by atoms with Gasteiger partial charge in [0.1, 0.15) is 5.75 Å². The van der Waals surface area contributed by atoms with E-state index in [1.807, 2.05) is 85.8 Å². The monoisotopic (exact) mass is 464 g/mol. The maximum absolute atomic E-state index is 13.1. The SMILES string of the molecule is Cc1cccc(C(=O)Nc2ccc(OCC(=O)N(Cc3ccccc3)Cc3ccccc3)cc2)c1. The van der Waals surface area contributed by atoms with E-state index in [4.69, 9.17) is 4.74 Å². The number of hydrogen-bond acceptors (Lipinski definition) is 3. The van der Waals surface area contributed by atoms with Crippen LogP contribution < -0.4 is 10.1 Å². The van der Waals surface area contributed by atoms with Crippen molar-refractivity contribution >= 4 is 17.5 Å². The minimum Gasteiger partial charge on any atom is -0.484 e. The first-order chi connectivity index (χ1) is 17.1. The summed E-state index contributed by atoms with van der Waals surface area (Å²) in [6.45, 7) is 2.88. The zero-order chi connectivity index (χ0) is 24.5. The fraction of sp³-hybridized carbons (Fsp3) is 0.133. The average molecular weight is 465 g/mol. The quantitative estimate of drug-likeness (QED) is 0.338. The summed E-state index contributed by atoms with van der Waals surface area (Å²) < 4.78 is 5.78. The van der Waals surface area contributed by atoms with Crippen LogP contribution in [0, 0.1) is 6.92 Å². The predicted molar refractivity (Wildman–Crippen MR) is 138 cm³/mol. The largest absolute Gasteiger partial charge is 0.484 e. The number of aryl methyl sites for hydroxylation is 1. The first-order valence-corrected chi connectivity index (χ1v) is 11.5. The van der Waals surface area contributed by atoms with Gasteiger partial charge in [-0.3, -0.25) is 9.59 Å². The van der Waals surface area contributed by atoms with Gasteiger partial charge in [-0.05, 0) is 54.4 Å². The Kier molecular flexibility index (Phi) is 7.92. The van der Waals surface area contributed by atoms with E-state index >= 15 is 0 Å². The molecule has 0 heterocycles. The lowest BCUT2D eigenvalue weighted by Crippen LogP contribution is -2.34. The Morgan fingerprint density at radius 1 is 0.743 bits per heavy atom. The van der Waals surface area contributed by atoms with Gasteiger partial charge in [0.2, 0.25) is 0 Å². The summed E-state index contributed by atoms with van der Waals surface area (Å²) in [5.41, 5.74) is 4.41. The van der Waals surface area contributed by atoms with Crippen molar-refractivity contribution in [3.05, 3.63) is 131 Å². The Morgan fingerprint density at radius 3 is 1.91 bits per heavy atom. The van der Waals surface area contributed by atoms with Crippen LogP contribution in [0.15, 0.2) is 109 Å². The van der Waals surface area contributed by atoms with Crippen molar-refractivity contribution in [1.29, 1.82) is 0 Å². The maximum Gasteiger partial charge on any atom is 0.261 e. The molecule has 0 saturated heterocycles. The lowest BCUT2D eigenvalue weighted by molar-refractivity contribution is -0.134. The molecule has 0 unspecified atom stereocenters. The van der Waals surface area contributed by atoms with Gasteiger partial charge in [0.15, 0.2) is 6.61 Å². The minimum atomic E-state index is -0.171. The van der Waals surface area contributed by atoms with E-state index in [1.54, 1.807) is 35.2 Å². The minimum absolute atomic E-state index is 0.0747. The molecule has 0 aliphatic rings. The van der Waals surface area contributed by atoms with E-state index in [0.29, 0.717) is 30.1 Å². The highest BCUT2D eigenvalue weighted by molar-refractivity contribution is 6.04. The van der Waals surface area contributed by atoms with Gasteiger partial charge >= 0.3 is 0 Å². The zero-order valence-corrected chi connectivity index (χ0v) is 19.7. The van der Waals surface area contributed by atoms with E-state index in [1.165, 1.54) is 0 Å². The summed E-state index contributed by atoms with van der Waals surface area (Å²) in [6.07, 6.45) is 0. The van der Waals surface area contributed by atoms with Gasteiger partial charge in [-0.2, -0.15) is 0 Å². The third kappa shape index (κ3) is 7.05. The van der Waals surface area contributed by atoms with Crippen molar-refractivity contribution in [1.82, 2.24) is 4.90 Å². The summed E-state index contributed by atoms with van der Waals surface area (Å²) in [7, 11) is 0. The molecule has 5 nitrogen and oxygen atoms in total. The van der Waals surface area contributed by atoms with Crippen LogP contribution in [0.25, 0.3) is 0 Å². The van der Waals surface area contributed by atoms with Crippen LogP contribution in [0.3, 0.4) is 0 Å². The van der Waals surface area contributed by atoms with Gasteiger partial charge in [-0.15, -0.1) is 0 Å². The van der Waals surface area contributed by atoms with E-state index in [2.05, 4.69) is 5.32 Å². The number of nitrogens with one attached hydrogen (secondary N) is 1. The van der Waals surface area contributed by atoms with Gasteiger partial charge < -0.3 is 15.0 Å². The van der Waals surface area contributed by atoms with E-state index in [-0.39, 0.29) is 18.4 Å². The highest BCUT2D eigenvalue weighted by atomic mass is 16.5. The number of carbonyl (C=O) groups is 2. The molecule has 0 radical (unpaired) electrons. The van der Waals surface area contributed by atoms with Crippen molar-refractivity contribution in [2.24, 2.45) is 0 Å². The molecule has 2 amide bonds. The maximum atomic E-state index is 13.1. The highest BCUT2D eigenvalue weighted by Gasteiger charge is 2.16. The molecule has 1 N–H and O–H groups in total. The van der Waals surface area contributed by atoms with Crippen LogP contribution >= 0.6 is 0 Å². The molecule has 0 aliphatic heterocycles. The summed E-state index contributed by atoms with van der Waals surface area (Å²) in [5, 5.41) is 2.88. The van der Waals surface area contributed by atoms with E-state index < -0.39 is 0 Å². The molecular weight excluding hydrogens is 436 g/mol. The number of nitrogens with zero attached hydrogens (tertiary/aromatic N) is 1. The third-order valence-electron chi connectivity index (χ3n) is 5.54. The lowest BCUT2D eigenvalue weighted by atomic mass is 10.1. The van der Waals surface area contributed by atoms with Crippen LogP contribution in [0.5, 0.6) is 5.75 Å². The van der Waals surface area contributed by atoms with Crippen molar-refractivity contribution in [2.45, 2.75) is 20.0 Å². The van der Waals surface area contributed by atoms with Crippen LogP contribution in [-0.2, 0) is 17.9 Å². The van der Waals surface area contributed by atoms with E-state index in [9.17, 15) is 9.59 Å². The Morgan fingerprint density at radius 2 is 1.34 bits per heavy atom. The highest BCUT2D eigenvalue weighted by Crippen LogP contribution is 2.18. The number of anilines is 1. The summed E-state index contributed by atoms with van der Waals surface area (Å²) in [6, 6.07) is 34.3. The second-order valence-corrected chi connectivity index (χ2v) is 8.36. The van der Waals surface area contributed by atoms with Crippen molar-refractivity contribution in [2.75, 3.05) is 11.9 Å². The number of benzene rings is 4. The number of amides is 2. The molecule has 35 heavy (non-hydrogen) atoms. The first-order valence-electron chi connectivity index (χ1n) is 11.5. The average Bonchev–Trinajstić information content (AvgIpc) is 2.89. The fourth-order valence-electron chi connectivity index (χ4n) is 3.70. The standard InChI is InChI=1S/C30H28N2O3/c1-23-9-8-14-26(19-23)30(34)31-27-15-17-28(18-16-27)35-22-29(33)32(20-24-10-4-2-5-11-24)21-25-12-6-3-7-13-25/h2-19H,20-22H2,1H3,(H,31,34). The molecule has 0 bridgehead atoms. The van der Waals surface area contributed by atoms with Crippen LogP contribution in [0.2, 0.25) is 0 Å². The topological polar surface area (TPSA) is 58.6 Å². The molecule has 5 heteroatoms. The van der Waals surface area contributed by atoms with Crippen molar-refractivity contribution < 1.29 is 14.3 Å². The van der Waals surface area contributed by atoms with Crippen LogP contribution in [0.1, 0.15) is 27.0 Å². The molecule has 4 aromatic rings. The Hall–Kier alpha value is -4.38. The molecule has 0 aliphatic carbocycles. The van der Waals surface area contributed by atoms with Crippen LogP contribution in [0.4, 0.5) is 5.69 Å². The number of rotatable bonds is 9. The van der Waals surface area contributed by atoms with E-state index in [0.717, 1.165) is 16.7 Å². The van der Waals surface area contributed by atoms with Gasteiger partial charge in [-0.25, -0.2) is 0 Å². The zero-order valence-electron chi connectivity index (χ0n) is 19.7. The van der Waals surface area contributed by atoms with Crippen molar-refractivity contribution in [3.8, 4) is 5.75 Å². The Bertz CT molecular complexity index is 1210. The molecular formula is C30H28N2O3. The lowest BCUT2D eigenvalue weighted by Gasteiger charge is -2.23. The van der Waals surface area contributed by atoms with Gasteiger partial charge in [0, 0.05) is 24.3 Å². The Balaban J connectivity index is 1.36. The van der Waals surface area contributed by atoms with Gasteiger partial charge in [0.25, 0.3) is 11.8 Å². The molecule has 176 valence electrons. The predicted octanol–water partition coefficient (Wildman–Crippen LogP) is 5.86. The smallest absolute Gasteiger partial charge is 0.261 e. The van der Waals surface area contributed by atoms with Gasteiger partial charge in [-0.1, -0.05) is 78.4 Å². The molecule has 0 saturated carbocycles. The second-order valence-electron chi connectivity index (χ2n) is 8.36. The first kappa shape index (κ1) is 23.8. The van der Waals surface area contributed by atoms with Crippen LogP contribution in [-0.4, -0.2) is 23.3 Å². The van der Waals surface area contributed by atoms with Gasteiger partial charge in [0.05, 0.1) is 0 Å². The number of carbonyl (C=O) groups excluding carboxylic acids is 2. The second kappa shape index (κ2) is 11.7. The number of hydrogen-bond donors (Lipinski definition) is 1. The number of ether oxygens (including phenoxy) is 1. The summed E-state index contributed by atoms with van der Waals surface area (Å²) in [4.78, 5) is 27.3. The molecule has 4 aromatic carbocycles. The van der Waals surface area contributed by atoms with Crippen molar-refractivity contribution in [3.63, 3.8) is 0 Å². The molecule has 0 atom stereocenters. The molecule has 0 fully saturated rings. The molecule has 4 rings (SSSR count). The normalized spacial score (nSPS) is 10.4. The fourth-order valence-corrected chi connectivity index (χ4v) is 3.70. The molecule has 0 aromatic heterocycles. The third-order valence-corrected chi connectivity index (χ3v) is 5.54. The summed E-state index contributed by atoms with van der Waals surface area (Å²) in [5.74, 6) is 0.288.